The Hall–Kier alpha value is -2.15. The zero-order valence-corrected chi connectivity index (χ0v) is 14.6. The molecule has 128 valence electrons. The Labute approximate surface area is 146 Å². The second-order valence-electron chi connectivity index (χ2n) is 6.25. The number of hydrogen-bond acceptors (Lipinski definition) is 4. The lowest BCUT2D eigenvalue weighted by atomic mass is 10.1. The number of nitrogens with one attached hydrogen (secondary N) is 2. The fourth-order valence-electron chi connectivity index (χ4n) is 2.63. The van der Waals surface area contributed by atoms with Gasteiger partial charge in [-0.05, 0) is 56.6 Å². The Morgan fingerprint density at radius 2 is 2.08 bits per heavy atom. The van der Waals surface area contributed by atoms with Crippen molar-refractivity contribution in [1.82, 2.24) is 15.5 Å². The maximum absolute atomic E-state index is 12.2. The number of thiocarbonyl (C=S) groups is 1. The predicted molar refractivity (Wildman–Crippen MR) is 93.6 cm³/mol. The molecule has 1 aliphatic heterocycles. The molecule has 2 fully saturated rings. The van der Waals surface area contributed by atoms with Gasteiger partial charge >= 0.3 is 0 Å². The van der Waals surface area contributed by atoms with Crippen LogP contribution in [0.5, 0.6) is 5.75 Å². The molecule has 2 aliphatic rings. The van der Waals surface area contributed by atoms with Crippen molar-refractivity contribution in [3.8, 4) is 5.75 Å². The van der Waals surface area contributed by atoms with Gasteiger partial charge in [-0.3, -0.25) is 14.5 Å². The van der Waals surface area contributed by atoms with E-state index in [1.807, 2.05) is 19.1 Å². The van der Waals surface area contributed by atoms with Crippen molar-refractivity contribution in [3.05, 3.63) is 29.8 Å². The predicted octanol–water partition coefficient (Wildman–Crippen LogP) is 1.51. The number of nitrogens with zero attached hydrogens (tertiary/aromatic N) is 1. The first-order valence-electron chi connectivity index (χ1n) is 8.11. The molecule has 0 unspecified atom stereocenters. The van der Waals surface area contributed by atoms with Crippen LogP contribution < -0.4 is 15.4 Å². The van der Waals surface area contributed by atoms with Gasteiger partial charge < -0.3 is 15.4 Å². The standard InChI is InChI=1S/C17H21N3O3S/c1-10-16(22)20(17(24)18-10)11(2)12-3-7-14(8-4-12)23-9-15(21)19-13-5-6-13/h3-4,7-8,10-11,13H,5-6,9H2,1-2H3,(H,18,24)(H,19,21)/t10-,11-/m0/s1. The Balaban J connectivity index is 1.58. The Kier molecular flexibility index (Phi) is 4.71. The molecule has 3 rings (SSSR count). The summed E-state index contributed by atoms with van der Waals surface area (Å²) >= 11 is 5.23. The monoisotopic (exact) mass is 347 g/mol. The molecule has 6 nitrogen and oxygen atoms in total. The van der Waals surface area contributed by atoms with E-state index in [0.717, 1.165) is 18.4 Å². The van der Waals surface area contributed by atoms with Crippen molar-refractivity contribution in [2.75, 3.05) is 6.61 Å². The summed E-state index contributed by atoms with van der Waals surface area (Å²) < 4.78 is 5.49. The molecular formula is C17H21N3O3S. The van der Waals surface area contributed by atoms with Gasteiger partial charge in [-0.2, -0.15) is 0 Å². The minimum atomic E-state index is -0.285. The zero-order valence-electron chi connectivity index (χ0n) is 13.7. The number of benzene rings is 1. The number of amides is 2. The summed E-state index contributed by atoms with van der Waals surface area (Å²) in [6, 6.07) is 7.27. The maximum Gasteiger partial charge on any atom is 0.258 e. The molecule has 1 aliphatic carbocycles. The SMILES string of the molecule is C[C@@H]1NC(=S)N([C@@H](C)c2ccc(OCC(=O)NC3CC3)cc2)C1=O. The maximum atomic E-state index is 12.2. The number of rotatable bonds is 6. The van der Waals surface area contributed by atoms with Crippen molar-refractivity contribution >= 4 is 29.1 Å². The zero-order chi connectivity index (χ0) is 17.3. The summed E-state index contributed by atoms with van der Waals surface area (Å²) in [4.78, 5) is 25.4. The van der Waals surface area contributed by atoms with Gasteiger partial charge in [0.15, 0.2) is 11.7 Å². The Bertz CT molecular complexity index is 658. The first-order valence-corrected chi connectivity index (χ1v) is 8.52. The van der Waals surface area contributed by atoms with Gasteiger partial charge in [0.05, 0.1) is 6.04 Å². The van der Waals surface area contributed by atoms with Gasteiger partial charge in [-0.15, -0.1) is 0 Å². The molecule has 7 heteroatoms. The molecule has 1 heterocycles. The van der Waals surface area contributed by atoms with Crippen LogP contribution in [0, 0.1) is 0 Å². The average Bonchev–Trinajstić information content (AvgIpc) is 3.32. The fourth-order valence-corrected chi connectivity index (χ4v) is 3.05. The first-order chi connectivity index (χ1) is 11.5. The number of ether oxygens (including phenoxy) is 1. The molecule has 2 atom stereocenters. The molecule has 0 spiro atoms. The van der Waals surface area contributed by atoms with E-state index in [1.165, 1.54) is 0 Å². The summed E-state index contributed by atoms with van der Waals surface area (Å²) in [7, 11) is 0. The number of hydrogen-bond donors (Lipinski definition) is 2. The van der Waals surface area contributed by atoms with E-state index in [0.29, 0.717) is 16.9 Å². The Morgan fingerprint density at radius 1 is 1.42 bits per heavy atom. The van der Waals surface area contributed by atoms with Crippen LogP contribution in [0.25, 0.3) is 0 Å². The smallest absolute Gasteiger partial charge is 0.258 e. The van der Waals surface area contributed by atoms with Crippen LogP contribution in [-0.4, -0.2) is 40.5 Å². The normalized spacial score (nSPS) is 21.4. The van der Waals surface area contributed by atoms with E-state index in [9.17, 15) is 9.59 Å². The molecular weight excluding hydrogens is 326 g/mol. The van der Waals surface area contributed by atoms with Crippen molar-refractivity contribution < 1.29 is 14.3 Å². The molecule has 1 saturated carbocycles. The molecule has 1 aromatic carbocycles. The van der Waals surface area contributed by atoms with Crippen LogP contribution in [0.15, 0.2) is 24.3 Å². The largest absolute Gasteiger partial charge is 0.484 e. The van der Waals surface area contributed by atoms with Gasteiger partial charge in [0.1, 0.15) is 11.8 Å². The highest BCUT2D eigenvalue weighted by Gasteiger charge is 2.35. The average molecular weight is 347 g/mol. The summed E-state index contributed by atoms with van der Waals surface area (Å²) in [5, 5.41) is 6.30. The second kappa shape index (κ2) is 6.76. The topological polar surface area (TPSA) is 70.7 Å². The van der Waals surface area contributed by atoms with Crippen LogP contribution in [0.2, 0.25) is 0 Å². The number of carbonyl (C=O) groups is 2. The van der Waals surface area contributed by atoms with Crippen LogP contribution in [0.3, 0.4) is 0 Å². The minimum Gasteiger partial charge on any atom is -0.484 e. The van der Waals surface area contributed by atoms with Crippen molar-refractivity contribution in [2.45, 2.75) is 44.8 Å². The van der Waals surface area contributed by atoms with Crippen LogP contribution >= 0.6 is 12.2 Å². The molecule has 2 N–H and O–H groups in total. The number of carbonyl (C=O) groups excluding carboxylic acids is 2. The van der Waals surface area contributed by atoms with E-state index in [4.69, 9.17) is 17.0 Å². The van der Waals surface area contributed by atoms with Crippen LogP contribution in [0.4, 0.5) is 0 Å². The quantitative estimate of drug-likeness (QED) is 0.764. The third-order valence-corrected chi connectivity index (χ3v) is 4.54. The van der Waals surface area contributed by atoms with Crippen LogP contribution in [-0.2, 0) is 9.59 Å². The molecule has 24 heavy (non-hydrogen) atoms. The van der Waals surface area contributed by atoms with Crippen molar-refractivity contribution in [3.63, 3.8) is 0 Å². The van der Waals surface area contributed by atoms with E-state index in [2.05, 4.69) is 10.6 Å². The Morgan fingerprint density at radius 3 is 2.62 bits per heavy atom. The van der Waals surface area contributed by atoms with Crippen molar-refractivity contribution in [2.24, 2.45) is 0 Å². The fraction of sp³-hybridized carbons (Fsp3) is 0.471. The third kappa shape index (κ3) is 3.67. The van der Waals surface area contributed by atoms with Gasteiger partial charge in [-0.25, -0.2) is 0 Å². The molecule has 0 bridgehead atoms. The van der Waals surface area contributed by atoms with E-state index in [1.54, 1.807) is 24.0 Å². The molecule has 1 aromatic rings. The second-order valence-corrected chi connectivity index (χ2v) is 6.64. The highest BCUT2D eigenvalue weighted by molar-refractivity contribution is 7.80. The van der Waals surface area contributed by atoms with Gasteiger partial charge in [0.2, 0.25) is 0 Å². The minimum absolute atomic E-state index is 0.0154. The highest BCUT2D eigenvalue weighted by Crippen LogP contribution is 2.26. The third-order valence-electron chi connectivity index (χ3n) is 4.23. The summed E-state index contributed by atoms with van der Waals surface area (Å²) in [5.74, 6) is 0.506. The van der Waals surface area contributed by atoms with Crippen molar-refractivity contribution in [1.29, 1.82) is 0 Å². The molecule has 2 amide bonds. The summed E-state index contributed by atoms with van der Waals surface area (Å²) in [5.41, 5.74) is 0.955. The molecule has 1 saturated heterocycles. The van der Waals surface area contributed by atoms with Gasteiger partial charge in [-0.1, -0.05) is 12.1 Å². The highest BCUT2D eigenvalue weighted by atomic mass is 32.1. The first kappa shape index (κ1) is 16.7. The lowest BCUT2D eigenvalue weighted by Crippen LogP contribution is -2.33. The van der Waals surface area contributed by atoms with Gasteiger partial charge in [0.25, 0.3) is 11.8 Å². The van der Waals surface area contributed by atoms with Crippen LogP contribution in [0.1, 0.15) is 38.3 Å². The van der Waals surface area contributed by atoms with Gasteiger partial charge in [0, 0.05) is 6.04 Å². The lowest BCUT2D eigenvalue weighted by molar-refractivity contribution is -0.128. The summed E-state index contributed by atoms with van der Waals surface area (Å²) in [6.45, 7) is 3.75. The van der Waals surface area contributed by atoms with E-state index >= 15 is 0 Å². The molecule has 0 radical (unpaired) electrons. The lowest BCUT2D eigenvalue weighted by Gasteiger charge is -2.23. The van der Waals surface area contributed by atoms with E-state index in [-0.39, 0.29) is 30.5 Å². The molecule has 0 aromatic heterocycles. The van der Waals surface area contributed by atoms with E-state index < -0.39 is 0 Å². The summed E-state index contributed by atoms with van der Waals surface area (Å²) in [6.07, 6.45) is 2.12.